The van der Waals surface area contributed by atoms with Crippen LogP contribution in [-0.4, -0.2) is 12.1 Å². The van der Waals surface area contributed by atoms with Gasteiger partial charge in [-0.3, -0.25) is 9.79 Å². The number of nitrogens with one attached hydrogen (secondary N) is 1. The van der Waals surface area contributed by atoms with Crippen molar-refractivity contribution in [3.05, 3.63) is 81.0 Å². The summed E-state index contributed by atoms with van der Waals surface area (Å²) in [4.78, 5) is 17.9. The minimum atomic E-state index is -0.170. The molecule has 5 heteroatoms. The molecule has 0 aliphatic rings. The van der Waals surface area contributed by atoms with E-state index in [-0.39, 0.29) is 5.91 Å². The zero-order valence-corrected chi connectivity index (χ0v) is 14.5. The Kier molecular flexibility index (Phi) is 5.00. The first kappa shape index (κ1) is 15.6. The number of anilines is 1. The predicted octanol–water partition coefficient (Wildman–Crippen LogP) is 5.51. The van der Waals surface area contributed by atoms with Crippen molar-refractivity contribution in [2.45, 2.75) is 0 Å². The second-order valence-corrected chi connectivity index (χ2v) is 7.23. The average molecular weight is 385 g/mol. The van der Waals surface area contributed by atoms with E-state index in [0.29, 0.717) is 11.3 Å². The minimum absolute atomic E-state index is 0.170. The number of halogens is 1. The molecule has 0 saturated heterocycles. The van der Waals surface area contributed by atoms with E-state index in [1.165, 1.54) is 0 Å². The zero-order chi connectivity index (χ0) is 16.1. The van der Waals surface area contributed by atoms with Gasteiger partial charge in [-0.05, 0) is 52.3 Å². The fourth-order valence-electron chi connectivity index (χ4n) is 2.03. The third-order valence-electron chi connectivity index (χ3n) is 3.11. The van der Waals surface area contributed by atoms with Crippen molar-refractivity contribution in [1.29, 1.82) is 0 Å². The summed E-state index contributed by atoms with van der Waals surface area (Å²) in [6.07, 6.45) is 1.77. The average Bonchev–Trinajstić information content (AvgIpc) is 2.99. The zero-order valence-electron chi connectivity index (χ0n) is 12.1. The standard InChI is InChI=1S/C18H13BrN2OS/c19-17-11-10-14(23-17)12-20-16-9-5-4-8-15(16)18(22)21-13-6-2-1-3-7-13/h1-12H,(H,21,22)/b20-12+. The molecular weight excluding hydrogens is 372 g/mol. The maximum absolute atomic E-state index is 12.5. The molecule has 1 aromatic heterocycles. The third kappa shape index (κ3) is 4.15. The number of rotatable bonds is 4. The summed E-state index contributed by atoms with van der Waals surface area (Å²) < 4.78 is 1.05. The molecular formula is C18H13BrN2OS. The highest BCUT2D eigenvalue weighted by Crippen LogP contribution is 2.23. The first-order valence-corrected chi connectivity index (χ1v) is 8.58. The van der Waals surface area contributed by atoms with E-state index in [4.69, 9.17) is 0 Å². The summed E-state index contributed by atoms with van der Waals surface area (Å²) in [5.41, 5.74) is 1.95. The molecule has 1 N–H and O–H groups in total. The molecule has 0 bridgehead atoms. The van der Waals surface area contributed by atoms with E-state index >= 15 is 0 Å². The molecule has 114 valence electrons. The summed E-state index contributed by atoms with van der Waals surface area (Å²) in [5, 5.41) is 2.88. The summed E-state index contributed by atoms with van der Waals surface area (Å²) in [6, 6.07) is 20.6. The quantitative estimate of drug-likeness (QED) is 0.591. The van der Waals surface area contributed by atoms with Crippen LogP contribution in [0.3, 0.4) is 0 Å². The van der Waals surface area contributed by atoms with Gasteiger partial charge in [-0.25, -0.2) is 0 Å². The number of benzene rings is 2. The number of para-hydroxylation sites is 2. The van der Waals surface area contributed by atoms with Crippen LogP contribution in [0.5, 0.6) is 0 Å². The highest BCUT2D eigenvalue weighted by molar-refractivity contribution is 9.11. The van der Waals surface area contributed by atoms with E-state index in [9.17, 15) is 4.79 Å². The Morgan fingerprint density at radius 3 is 2.48 bits per heavy atom. The summed E-state index contributed by atoms with van der Waals surface area (Å²) >= 11 is 5.02. The largest absolute Gasteiger partial charge is 0.322 e. The van der Waals surface area contributed by atoms with Gasteiger partial charge in [0.05, 0.1) is 15.0 Å². The number of carbonyl (C=O) groups is 1. The van der Waals surface area contributed by atoms with Gasteiger partial charge in [0, 0.05) is 16.8 Å². The Bertz CT molecular complexity index is 843. The monoisotopic (exact) mass is 384 g/mol. The molecule has 0 saturated carbocycles. The van der Waals surface area contributed by atoms with Gasteiger partial charge in [0.25, 0.3) is 5.91 Å². The first-order chi connectivity index (χ1) is 11.2. The van der Waals surface area contributed by atoms with Gasteiger partial charge in [-0.1, -0.05) is 30.3 Å². The van der Waals surface area contributed by atoms with Crippen molar-refractivity contribution in [3.8, 4) is 0 Å². The summed E-state index contributed by atoms with van der Waals surface area (Å²) in [7, 11) is 0. The van der Waals surface area contributed by atoms with Gasteiger partial charge in [-0.2, -0.15) is 0 Å². The van der Waals surface area contributed by atoms with Crippen molar-refractivity contribution < 1.29 is 4.79 Å². The molecule has 0 spiro atoms. The summed E-state index contributed by atoms with van der Waals surface area (Å²) in [5.74, 6) is -0.170. The second-order valence-electron chi connectivity index (χ2n) is 4.74. The highest BCUT2D eigenvalue weighted by Gasteiger charge is 2.10. The van der Waals surface area contributed by atoms with E-state index in [0.717, 1.165) is 14.4 Å². The number of thiophene rings is 1. The summed E-state index contributed by atoms with van der Waals surface area (Å²) in [6.45, 7) is 0. The van der Waals surface area contributed by atoms with Crippen molar-refractivity contribution in [2.24, 2.45) is 4.99 Å². The fourth-order valence-corrected chi connectivity index (χ4v) is 3.32. The van der Waals surface area contributed by atoms with Crippen LogP contribution >= 0.6 is 27.3 Å². The Hall–Kier alpha value is -2.24. The predicted molar refractivity (Wildman–Crippen MR) is 100 cm³/mol. The Balaban J connectivity index is 1.82. The van der Waals surface area contributed by atoms with E-state index < -0.39 is 0 Å². The molecule has 0 aliphatic carbocycles. The SMILES string of the molecule is O=C(Nc1ccccc1)c1ccccc1/N=C/c1ccc(Br)s1. The van der Waals surface area contributed by atoms with E-state index in [2.05, 4.69) is 26.2 Å². The van der Waals surface area contributed by atoms with E-state index in [1.807, 2.05) is 60.7 Å². The van der Waals surface area contributed by atoms with Crippen LogP contribution in [0, 0.1) is 0 Å². The smallest absolute Gasteiger partial charge is 0.257 e. The lowest BCUT2D eigenvalue weighted by Crippen LogP contribution is -2.11. The molecule has 0 fully saturated rings. The number of amides is 1. The number of carbonyl (C=O) groups excluding carboxylic acids is 1. The van der Waals surface area contributed by atoms with Gasteiger partial charge in [0.2, 0.25) is 0 Å². The fraction of sp³-hybridized carbons (Fsp3) is 0. The maximum Gasteiger partial charge on any atom is 0.257 e. The molecule has 0 radical (unpaired) electrons. The van der Waals surface area contributed by atoms with Crippen LogP contribution in [0.2, 0.25) is 0 Å². The van der Waals surface area contributed by atoms with Gasteiger partial charge in [0.1, 0.15) is 0 Å². The molecule has 1 heterocycles. The van der Waals surface area contributed by atoms with Gasteiger partial charge < -0.3 is 5.32 Å². The van der Waals surface area contributed by atoms with Crippen molar-refractivity contribution in [3.63, 3.8) is 0 Å². The number of hydrogen-bond acceptors (Lipinski definition) is 3. The van der Waals surface area contributed by atoms with Crippen molar-refractivity contribution in [1.82, 2.24) is 0 Å². The molecule has 2 aromatic carbocycles. The molecule has 0 aliphatic heterocycles. The number of hydrogen-bond donors (Lipinski definition) is 1. The minimum Gasteiger partial charge on any atom is -0.322 e. The highest BCUT2D eigenvalue weighted by atomic mass is 79.9. The van der Waals surface area contributed by atoms with Crippen molar-refractivity contribution >= 4 is 50.8 Å². The Labute approximate surface area is 146 Å². The molecule has 0 atom stereocenters. The van der Waals surface area contributed by atoms with E-state index in [1.54, 1.807) is 23.6 Å². The van der Waals surface area contributed by atoms with Crippen molar-refractivity contribution in [2.75, 3.05) is 5.32 Å². The molecule has 23 heavy (non-hydrogen) atoms. The molecule has 3 rings (SSSR count). The second kappa shape index (κ2) is 7.35. The molecule has 0 unspecified atom stereocenters. The van der Waals surface area contributed by atoms with Gasteiger partial charge in [-0.15, -0.1) is 11.3 Å². The van der Waals surface area contributed by atoms with Crippen LogP contribution in [0.15, 0.2) is 75.5 Å². The molecule has 3 aromatic rings. The van der Waals surface area contributed by atoms with Crippen LogP contribution in [0.4, 0.5) is 11.4 Å². The lowest BCUT2D eigenvalue weighted by atomic mass is 10.1. The molecule has 1 amide bonds. The normalized spacial score (nSPS) is 10.8. The van der Waals surface area contributed by atoms with Gasteiger partial charge in [0.15, 0.2) is 0 Å². The Morgan fingerprint density at radius 1 is 1.00 bits per heavy atom. The van der Waals surface area contributed by atoms with Crippen LogP contribution in [0.25, 0.3) is 0 Å². The number of nitrogens with zero attached hydrogens (tertiary/aromatic N) is 1. The van der Waals surface area contributed by atoms with Gasteiger partial charge >= 0.3 is 0 Å². The number of aliphatic imine (C=N–C) groups is 1. The molecule has 3 nitrogen and oxygen atoms in total. The third-order valence-corrected chi connectivity index (χ3v) is 4.66. The lowest BCUT2D eigenvalue weighted by Gasteiger charge is -2.07. The Morgan fingerprint density at radius 2 is 1.74 bits per heavy atom. The van der Waals surface area contributed by atoms with Crippen LogP contribution in [-0.2, 0) is 0 Å². The first-order valence-electron chi connectivity index (χ1n) is 6.97. The maximum atomic E-state index is 12.5. The van der Waals surface area contributed by atoms with Crippen LogP contribution in [0.1, 0.15) is 15.2 Å². The topological polar surface area (TPSA) is 41.5 Å². The van der Waals surface area contributed by atoms with Crippen LogP contribution < -0.4 is 5.32 Å². The lowest BCUT2D eigenvalue weighted by molar-refractivity contribution is 0.102.